The van der Waals surface area contributed by atoms with Crippen LogP contribution in [0.1, 0.15) is 33.3 Å². The molecule has 0 amide bonds. The van der Waals surface area contributed by atoms with Gasteiger partial charge in [-0.3, -0.25) is 4.79 Å². The van der Waals surface area contributed by atoms with Gasteiger partial charge in [0, 0.05) is 0 Å². The summed E-state index contributed by atoms with van der Waals surface area (Å²) >= 11 is 0. The third kappa shape index (κ3) is 4.71. The number of carboxylic acids is 1. The molecule has 0 aliphatic carbocycles. The number of rotatable bonds is 7. The Labute approximate surface area is 131 Å². The summed E-state index contributed by atoms with van der Waals surface area (Å²) in [4.78, 5) is 11.2. The van der Waals surface area contributed by atoms with Gasteiger partial charge >= 0.3 is 5.97 Å². The molecule has 124 valence electrons. The first kappa shape index (κ1) is 18.4. The third-order valence-corrected chi connectivity index (χ3v) is 4.47. The molecule has 1 aromatic rings. The lowest BCUT2D eigenvalue weighted by Crippen LogP contribution is -2.44. The number of ether oxygens (including phenoxy) is 1. The topological polar surface area (TPSA) is 92.7 Å². The van der Waals surface area contributed by atoms with E-state index in [1.165, 1.54) is 12.1 Å². The first-order valence-electron chi connectivity index (χ1n) is 7.07. The van der Waals surface area contributed by atoms with Crippen molar-refractivity contribution in [2.75, 3.05) is 0 Å². The van der Waals surface area contributed by atoms with E-state index in [4.69, 9.17) is 9.84 Å². The molecule has 0 saturated carbocycles. The maximum Gasteiger partial charge on any atom is 0.322 e. The number of hydrogen-bond acceptors (Lipinski definition) is 4. The summed E-state index contributed by atoms with van der Waals surface area (Å²) in [5.41, 5.74) is 0.674. The smallest absolute Gasteiger partial charge is 0.322 e. The number of sulfonamides is 1. The second-order valence-corrected chi connectivity index (χ2v) is 7.49. The Morgan fingerprint density at radius 1 is 1.23 bits per heavy atom. The molecule has 0 heterocycles. The van der Waals surface area contributed by atoms with Crippen LogP contribution < -0.4 is 9.46 Å². The highest BCUT2D eigenvalue weighted by molar-refractivity contribution is 7.89. The molecule has 0 bridgehead atoms. The summed E-state index contributed by atoms with van der Waals surface area (Å²) in [5, 5.41) is 9.10. The fourth-order valence-corrected chi connectivity index (χ4v) is 3.30. The largest absolute Gasteiger partial charge is 0.491 e. The van der Waals surface area contributed by atoms with E-state index in [9.17, 15) is 13.2 Å². The molecule has 0 spiro atoms. The number of carboxylic acid groups (broad SMARTS) is 1. The molecular formula is C15H23NO5S. The molecule has 0 fully saturated rings. The van der Waals surface area contributed by atoms with Gasteiger partial charge in [0.1, 0.15) is 11.8 Å². The van der Waals surface area contributed by atoms with Crippen LogP contribution in [0.3, 0.4) is 0 Å². The molecular weight excluding hydrogens is 306 g/mol. The quantitative estimate of drug-likeness (QED) is 0.800. The Morgan fingerprint density at radius 3 is 2.23 bits per heavy atom. The minimum Gasteiger partial charge on any atom is -0.491 e. The zero-order chi connectivity index (χ0) is 17.1. The highest BCUT2D eigenvalue weighted by Crippen LogP contribution is 2.23. The van der Waals surface area contributed by atoms with Crippen molar-refractivity contribution in [3.63, 3.8) is 0 Å². The monoisotopic (exact) mass is 329 g/mol. The Morgan fingerprint density at radius 2 is 1.82 bits per heavy atom. The molecule has 0 unspecified atom stereocenters. The first-order chi connectivity index (χ1) is 10.0. The first-order valence-corrected chi connectivity index (χ1v) is 8.55. The fourth-order valence-electron chi connectivity index (χ4n) is 1.88. The van der Waals surface area contributed by atoms with E-state index >= 15 is 0 Å². The maximum atomic E-state index is 12.3. The van der Waals surface area contributed by atoms with Crippen LogP contribution in [0.5, 0.6) is 5.75 Å². The van der Waals surface area contributed by atoms with Gasteiger partial charge in [-0.2, -0.15) is 4.72 Å². The van der Waals surface area contributed by atoms with Crippen molar-refractivity contribution in [2.45, 2.75) is 51.7 Å². The maximum absolute atomic E-state index is 12.3. The van der Waals surface area contributed by atoms with Crippen LogP contribution in [0.25, 0.3) is 0 Å². The van der Waals surface area contributed by atoms with Crippen molar-refractivity contribution in [1.29, 1.82) is 0 Å². The van der Waals surface area contributed by atoms with Gasteiger partial charge in [0.2, 0.25) is 10.0 Å². The van der Waals surface area contributed by atoms with Crippen molar-refractivity contribution >= 4 is 16.0 Å². The van der Waals surface area contributed by atoms with Crippen LogP contribution >= 0.6 is 0 Å². The van der Waals surface area contributed by atoms with E-state index in [0.717, 1.165) is 0 Å². The molecule has 0 saturated heterocycles. The number of carbonyl (C=O) groups is 1. The second kappa shape index (κ2) is 7.11. The SMILES string of the molecule is Cc1cc(S(=O)(=O)N[C@@H](C(=O)O)C(C)C)ccc1OC(C)C. The van der Waals surface area contributed by atoms with Gasteiger partial charge in [0.05, 0.1) is 11.0 Å². The molecule has 22 heavy (non-hydrogen) atoms. The molecule has 1 aromatic carbocycles. The Balaban J connectivity index is 3.08. The summed E-state index contributed by atoms with van der Waals surface area (Å²) in [7, 11) is -3.90. The van der Waals surface area contributed by atoms with E-state index in [1.807, 2.05) is 13.8 Å². The number of nitrogens with one attached hydrogen (secondary N) is 1. The lowest BCUT2D eigenvalue weighted by atomic mass is 10.1. The van der Waals surface area contributed by atoms with Crippen LogP contribution in [-0.4, -0.2) is 31.6 Å². The summed E-state index contributed by atoms with van der Waals surface area (Å²) in [6.07, 6.45) is -0.0170. The van der Waals surface area contributed by atoms with E-state index in [2.05, 4.69) is 4.72 Å². The minimum absolute atomic E-state index is 0.0170. The van der Waals surface area contributed by atoms with Crippen LogP contribution in [0.4, 0.5) is 0 Å². The highest BCUT2D eigenvalue weighted by Gasteiger charge is 2.28. The van der Waals surface area contributed by atoms with E-state index in [1.54, 1.807) is 26.8 Å². The molecule has 1 atom stereocenters. The van der Waals surface area contributed by atoms with E-state index < -0.39 is 22.0 Å². The number of hydrogen-bond donors (Lipinski definition) is 2. The molecule has 7 heteroatoms. The van der Waals surface area contributed by atoms with Crippen LogP contribution in [0.2, 0.25) is 0 Å². The summed E-state index contributed by atoms with van der Waals surface area (Å²) < 4.78 is 32.4. The van der Waals surface area contributed by atoms with Gasteiger partial charge in [0.25, 0.3) is 0 Å². The lowest BCUT2D eigenvalue weighted by Gasteiger charge is -2.19. The molecule has 0 radical (unpaired) electrons. The van der Waals surface area contributed by atoms with Gasteiger partial charge in [0.15, 0.2) is 0 Å². The van der Waals surface area contributed by atoms with Crippen molar-refractivity contribution in [3.05, 3.63) is 23.8 Å². The van der Waals surface area contributed by atoms with Crippen molar-refractivity contribution in [1.82, 2.24) is 4.72 Å². The zero-order valence-corrected chi connectivity index (χ0v) is 14.3. The van der Waals surface area contributed by atoms with Gasteiger partial charge in [-0.25, -0.2) is 8.42 Å². The third-order valence-electron chi connectivity index (χ3n) is 3.03. The molecule has 1 rings (SSSR count). The predicted molar refractivity (Wildman–Crippen MR) is 83.5 cm³/mol. The highest BCUT2D eigenvalue weighted by atomic mass is 32.2. The molecule has 0 aliphatic rings. The Hall–Kier alpha value is -1.60. The zero-order valence-electron chi connectivity index (χ0n) is 13.5. The van der Waals surface area contributed by atoms with Gasteiger partial charge in [-0.15, -0.1) is 0 Å². The summed E-state index contributed by atoms with van der Waals surface area (Å²) in [5.74, 6) is -0.959. The van der Waals surface area contributed by atoms with Crippen LogP contribution in [0, 0.1) is 12.8 Å². The average molecular weight is 329 g/mol. The van der Waals surface area contributed by atoms with Gasteiger partial charge in [-0.05, 0) is 50.5 Å². The lowest BCUT2D eigenvalue weighted by molar-refractivity contribution is -0.140. The number of aliphatic carboxylic acids is 1. The Kier molecular flexibility index (Phi) is 5.96. The van der Waals surface area contributed by atoms with Crippen LogP contribution in [-0.2, 0) is 14.8 Å². The van der Waals surface area contributed by atoms with Gasteiger partial charge in [-0.1, -0.05) is 13.8 Å². The fraction of sp³-hybridized carbons (Fsp3) is 0.533. The van der Waals surface area contributed by atoms with Crippen molar-refractivity contribution < 1.29 is 23.1 Å². The minimum atomic E-state index is -3.90. The van der Waals surface area contributed by atoms with E-state index in [-0.39, 0.29) is 16.9 Å². The number of aryl methyl sites for hydroxylation is 1. The van der Waals surface area contributed by atoms with Gasteiger partial charge < -0.3 is 9.84 Å². The Bertz CT molecular complexity index is 637. The van der Waals surface area contributed by atoms with Crippen molar-refractivity contribution in [3.8, 4) is 5.75 Å². The summed E-state index contributed by atoms with van der Waals surface area (Å²) in [6, 6.07) is 3.29. The molecule has 6 nitrogen and oxygen atoms in total. The van der Waals surface area contributed by atoms with Crippen molar-refractivity contribution in [2.24, 2.45) is 5.92 Å². The second-order valence-electron chi connectivity index (χ2n) is 5.78. The number of benzene rings is 1. The molecule has 2 N–H and O–H groups in total. The molecule has 0 aliphatic heterocycles. The predicted octanol–water partition coefficient (Wildman–Crippen LogP) is 2.17. The van der Waals surface area contributed by atoms with E-state index in [0.29, 0.717) is 11.3 Å². The summed E-state index contributed by atoms with van der Waals surface area (Å²) in [6.45, 7) is 8.80. The normalized spacial score (nSPS) is 13.4. The standard InChI is InChI=1S/C15H23NO5S/c1-9(2)14(15(17)18)16-22(19,20)12-6-7-13(11(5)8-12)21-10(3)4/h6-10,14,16H,1-5H3,(H,17,18)/t14-/m1/s1. The average Bonchev–Trinajstić information content (AvgIpc) is 2.37. The van der Waals surface area contributed by atoms with Crippen LogP contribution in [0.15, 0.2) is 23.1 Å². The molecule has 0 aromatic heterocycles.